The molecule has 1 unspecified atom stereocenters. The Morgan fingerprint density at radius 1 is 1.12 bits per heavy atom. The fraction of sp³-hybridized carbons (Fsp3) is 0.240. The molecule has 0 radical (unpaired) electrons. The number of rotatable bonds is 5. The van der Waals surface area contributed by atoms with Crippen molar-refractivity contribution in [3.63, 3.8) is 0 Å². The summed E-state index contributed by atoms with van der Waals surface area (Å²) in [5.41, 5.74) is 5.51. The third-order valence-electron chi connectivity index (χ3n) is 5.54. The first-order chi connectivity index (χ1) is 16.2. The second-order valence-corrected chi connectivity index (χ2v) is 9.11. The highest BCUT2D eigenvalue weighted by Gasteiger charge is 2.63. The third kappa shape index (κ3) is 3.86. The number of esters is 3. The van der Waals surface area contributed by atoms with Crippen molar-refractivity contribution in [1.82, 2.24) is 0 Å². The number of ether oxygens (including phenoxy) is 3. The molecule has 9 heteroatoms. The Bertz CT molecular complexity index is 1250. The lowest BCUT2D eigenvalue weighted by molar-refractivity contribution is -0.148. The van der Waals surface area contributed by atoms with Gasteiger partial charge in [0.25, 0.3) is 0 Å². The van der Waals surface area contributed by atoms with E-state index in [2.05, 4.69) is 21.2 Å². The number of nitrogens with one attached hydrogen (secondary N) is 1. The van der Waals surface area contributed by atoms with Crippen LogP contribution in [0, 0.1) is 0 Å². The molecule has 8 nitrogen and oxygen atoms in total. The van der Waals surface area contributed by atoms with Crippen molar-refractivity contribution < 1.29 is 28.6 Å². The van der Waals surface area contributed by atoms with Crippen LogP contribution in [-0.4, -0.2) is 24.0 Å². The molecule has 2 aliphatic heterocycles. The van der Waals surface area contributed by atoms with E-state index in [1.165, 1.54) is 6.92 Å². The smallest absolute Gasteiger partial charge is 0.339 e. The summed E-state index contributed by atoms with van der Waals surface area (Å²) in [7, 11) is 0. The van der Waals surface area contributed by atoms with Crippen LogP contribution in [0.1, 0.15) is 31.9 Å². The Balaban J connectivity index is 1.90. The van der Waals surface area contributed by atoms with Crippen molar-refractivity contribution in [2.24, 2.45) is 5.73 Å². The Morgan fingerprint density at radius 2 is 1.82 bits per heavy atom. The van der Waals surface area contributed by atoms with E-state index in [4.69, 9.17) is 19.9 Å². The lowest BCUT2D eigenvalue weighted by atomic mass is 9.67. The molecular weight excluding hydrogens is 504 g/mol. The van der Waals surface area contributed by atoms with Crippen molar-refractivity contribution in [3.8, 4) is 0 Å². The highest BCUT2D eigenvalue weighted by atomic mass is 79.9. The number of carbonyl (C=O) groups excluding carboxylic acids is 3. The van der Waals surface area contributed by atoms with Gasteiger partial charge in [-0.25, -0.2) is 14.4 Å². The van der Waals surface area contributed by atoms with Gasteiger partial charge in [0.1, 0.15) is 29.3 Å². The Labute approximate surface area is 204 Å². The summed E-state index contributed by atoms with van der Waals surface area (Å²) >= 11 is 3.41. The van der Waals surface area contributed by atoms with Gasteiger partial charge in [0, 0.05) is 15.7 Å². The van der Waals surface area contributed by atoms with Gasteiger partial charge in [-0.05, 0) is 44.5 Å². The maximum absolute atomic E-state index is 13.6. The second kappa shape index (κ2) is 8.98. The molecule has 4 rings (SSSR count). The molecule has 1 atom stereocenters. The van der Waals surface area contributed by atoms with Crippen LogP contribution in [0.5, 0.6) is 0 Å². The van der Waals surface area contributed by atoms with E-state index in [9.17, 15) is 14.4 Å². The fourth-order valence-corrected chi connectivity index (χ4v) is 4.57. The summed E-state index contributed by atoms with van der Waals surface area (Å²) in [6.45, 7) is 4.79. The van der Waals surface area contributed by atoms with Gasteiger partial charge in [-0.2, -0.15) is 0 Å². The highest BCUT2D eigenvalue weighted by Crippen LogP contribution is 2.53. The van der Waals surface area contributed by atoms with Crippen molar-refractivity contribution in [3.05, 3.63) is 86.9 Å². The highest BCUT2D eigenvalue weighted by molar-refractivity contribution is 9.10. The number of benzene rings is 2. The minimum atomic E-state index is -1.96. The summed E-state index contributed by atoms with van der Waals surface area (Å²) in [5, 5.41) is 2.96. The maximum atomic E-state index is 13.6. The van der Waals surface area contributed by atoms with Gasteiger partial charge in [0.15, 0.2) is 5.41 Å². The molecule has 176 valence electrons. The predicted molar refractivity (Wildman–Crippen MR) is 127 cm³/mol. The number of allylic oxidation sites excluding steroid dienone is 1. The van der Waals surface area contributed by atoms with Crippen LogP contribution >= 0.6 is 15.9 Å². The van der Waals surface area contributed by atoms with Crippen LogP contribution < -0.4 is 11.1 Å². The Morgan fingerprint density at radius 3 is 2.50 bits per heavy atom. The number of carbonyl (C=O) groups is 3. The normalized spacial score (nSPS) is 19.1. The van der Waals surface area contributed by atoms with Gasteiger partial charge < -0.3 is 25.3 Å². The van der Waals surface area contributed by atoms with Crippen LogP contribution in [0.3, 0.4) is 0 Å². The third-order valence-corrected chi connectivity index (χ3v) is 6.04. The van der Waals surface area contributed by atoms with Crippen LogP contribution in [0.4, 0.5) is 5.69 Å². The molecule has 0 aliphatic carbocycles. The summed E-state index contributed by atoms with van der Waals surface area (Å²) in [4.78, 5) is 40.3. The van der Waals surface area contributed by atoms with Gasteiger partial charge in [-0.1, -0.05) is 46.3 Å². The molecule has 0 saturated heterocycles. The summed E-state index contributed by atoms with van der Waals surface area (Å²) in [6.07, 6.45) is -0.473. The van der Waals surface area contributed by atoms with Crippen LogP contribution in [-0.2, 0) is 40.6 Å². The van der Waals surface area contributed by atoms with Gasteiger partial charge >= 0.3 is 17.9 Å². The molecule has 1 spiro atoms. The number of hydrogen-bond acceptors (Lipinski definition) is 8. The fourth-order valence-electron chi connectivity index (χ4n) is 4.21. The zero-order valence-electron chi connectivity index (χ0n) is 18.8. The van der Waals surface area contributed by atoms with Gasteiger partial charge in [0.2, 0.25) is 0 Å². The average Bonchev–Trinajstić information content (AvgIpc) is 3.03. The molecule has 2 heterocycles. The Hall–Kier alpha value is -3.59. The average molecular weight is 527 g/mol. The zero-order chi connectivity index (χ0) is 24.6. The van der Waals surface area contributed by atoms with E-state index in [1.54, 1.807) is 44.2 Å². The predicted octanol–water partition coefficient (Wildman–Crippen LogP) is 3.81. The minimum Gasteiger partial charge on any atom is -0.459 e. The minimum absolute atomic E-state index is 0.0321. The van der Waals surface area contributed by atoms with Crippen molar-refractivity contribution in [1.29, 1.82) is 0 Å². The molecule has 0 aromatic heterocycles. The standard InChI is InChI=1S/C25H23BrN2O6/c1-13(2)33-23(30)19-14(3)34-24(31)25(19)17-11-16(26)9-10-18(17)28-21(27)20(25)22(29)32-12-15-7-5-4-6-8-15/h4-11,13,28H,12,27H2,1-3H3. The largest absolute Gasteiger partial charge is 0.459 e. The molecule has 0 amide bonds. The summed E-state index contributed by atoms with van der Waals surface area (Å²) in [6, 6.07) is 14.1. The molecule has 0 fully saturated rings. The van der Waals surface area contributed by atoms with E-state index in [-0.39, 0.29) is 29.3 Å². The number of fused-ring (bicyclic) bond motifs is 2. The topological polar surface area (TPSA) is 117 Å². The number of halogens is 1. The van der Waals surface area contributed by atoms with Crippen LogP contribution in [0.2, 0.25) is 0 Å². The number of hydrogen-bond donors (Lipinski definition) is 2. The van der Waals surface area contributed by atoms with E-state index >= 15 is 0 Å². The second-order valence-electron chi connectivity index (χ2n) is 8.19. The molecule has 2 aromatic rings. The van der Waals surface area contributed by atoms with E-state index < -0.39 is 29.4 Å². The molecule has 34 heavy (non-hydrogen) atoms. The number of anilines is 1. The SMILES string of the molecule is CC1=C(C(=O)OC(C)C)C2(C(=O)O1)C(C(=O)OCc1ccccc1)=C(N)Nc1ccc(Br)cc12. The molecule has 0 bridgehead atoms. The number of nitrogens with two attached hydrogens (primary N) is 1. The lowest BCUT2D eigenvalue weighted by Crippen LogP contribution is -2.48. The van der Waals surface area contributed by atoms with Crippen LogP contribution in [0.25, 0.3) is 0 Å². The van der Waals surface area contributed by atoms with Crippen molar-refractivity contribution >= 4 is 39.5 Å². The molecular formula is C25H23BrN2O6. The summed E-state index contributed by atoms with van der Waals surface area (Å²) in [5.74, 6) is -2.57. The van der Waals surface area contributed by atoms with Crippen molar-refractivity contribution in [2.75, 3.05) is 5.32 Å². The van der Waals surface area contributed by atoms with E-state index in [0.717, 1.165) is 5.56 Å². The molecule has 3 N–H and O–H groups in total. The lowest BCUT2D eigenvalue weighted by Gasteiger charge is -2.36. The zero-order valence-corrected chi connectivity index (χ0v) is 20.4. The van der Waals surface area contributed by atoms with Crippen LogP contribution in [0.15, 0.2) is 75.7 Å². The molecule has 2 aromatic carbocycles. The molecule has 0 saturated carbocycles. The number of cyclic esters (lactones) is 1. The van der Waals surface area contributed by atoms with E-state index in [0.29, 0.717) is 15.7 Å². The van der Waals surface area contributed by atoms with Gasteiger partial charge in [-0.3, -0.25) is 0 Å². The molecule has 2 aliphatic rings. The maximum Gasteiger partial charge on any atom is 0.339 e. The first kappa shape index (κ1) is 23.6. The van der Waals surface area contributed by atoms with Crippen molar-refractivity contribution in [2.45, 2.75) is 38.9 Å². The first-order valence-corrected chi connectivity index (χ1v) is 11.4. The quantitative estimate of drug-likeness (QED) is 0.446. The van der Waals surface area contributed by atoms with Gasteiger partial charge in [-0.15, -0.1) is 0 Å². The monoisotopic (exact) mass is 526 g/mol. The van der Waals surface area contributed by atoms with Gasteiger partial charge in [0.05, 0.1) is 6.10 Å². The summed E-state index contributed by atoms with van der Waals surface area (Å²) < 4.78 is 17.1. The first-order valence-electron chi connectivity index (χ1n) is 10.6. The Kier molecular flexibility index (Phi) is 6.22. The van der Waals surface area contributed by atoms with E-state index in [1.807, 2.05) is 18.2 Å².